The molecule has 0 unspecified atom stereocenters. The summed E-state index contributed by atoms with van der Waals surface area (Å²) in [6, 6.07) is 1.86. The number of hydrogen-bond acceptors (Lipinski definition) is 4. The third kappa shape index (κ3) is 3.04. The minimum absolute atomic E-state index is 0.0361. The first kappa shape index (κ1) is 9.41. The lowest BCUT2D eigenvalue weighted by molar-refractivity contribution is -0.0613. The van der Waals surface area contributed by atoms with Crippen LogP contribution in [0.3, 0.4) is 0 Å². The molecule has 1 aliphatic rings. The molecular weight excluding hydrogens is 180 g/mol. The second kappa shape index (κ2) is 4.37. The summed E-state index contributed by atoms with van der Waals surface area (Å²) in [5.74, 6) is -0.814. The van der Waals surface area contributed by atoms with E-state index in [0.29, 0.717) is 0 Å². The van der Waals surface area contributed by atoms with Gasteiger partial charge in [-0.15, -0.1) is 0 Å². The quantitative estimate of drug-likeness (QED) is 0.371. The fraction of sp³-hybridized carbons (Fsp3) is 0.333. The van der Waals surface area contributed by atoms with Crippen molar-refractivity contribution in [1.29, 1.82) is 5.26 Å². The van der Waals surface area contributed by atoms with Gasteiger partial charge >= 0.3 is 0 Å². The number of rotatable bonds is 2. The maximum absolute atomic E-state index is 12.5. The van der Waals surface area contributed by atoms with Gasteiger partial charge in [0.2, 0.25) is 5.95 Å². The van der Waals surface area contributed by atoms with Gasteiger partial charge in [0, 0.05) is 11.4 Å². The summed E-state index contributed by atoms with van der Waals surface area (Å²) < 4.78 is 24.9. The molecule has 0 aromatic carbocycles. The summed E-state index contributed by atoms with van der Waals surface area (Å²) in [7, 11) is 0. The van der Waals surface area contributed by atoms with E-state index in [1.165, 1.54) is 0 Å². The number of aliphatic imine (C=N–C) groups is 1. The maximum atomic E-state index is 12.5. The van der Waals surface area contributed by atoms with Crippen LogP contribution in [0.4, 0.5) is 8.87 Å². The first-order valence-electron chi connectivity index (χ1n) is 3.50. The van der Waals surface area contributed by atoms with Crippen LogP contribution in [0.2, 0.25) is 0 Å². The molecular formula is C6H7F2N5. The molecule has 0 amide bonds. The Hall–Kier alpha value is -1.68. The Kier molecular flexibility index (Phi) is 3.16. The number of nitrogens with one attached hydrogen (secondary N) is 2. The Labute approximate surface area is 73.2 Å². The van der Waals surface area contributed by atoms with Crippen molar-refractivity contribution in [3.8, 4) is 6.07 Å². The van der Waals surface area contributed by atoms with E-state index in [-0.39, 0.29) is 24.1 Å². The molecule has 0 bridgehead atoms. The fourth-order valence-corrected chi connectivity index (χ4v) is 0.714. The minimum atomic E-state index is -0.850. The average molecular weight is 187 g/mol. The van der Waals surface area contributed by atoms with Crippen LogP contribution < -0.4 is 10.9 Å². The summed E-state index contributed by atoms with van der Waals surface area (Å²) in [6.45, 7) is 0.205. The van der Waals surface area contributed by atoms with E-state index in [0.717, 1.165) is 6.08 Å². The molecule has 0 saturated carbocycles. The van der Waals surface area contributed by atoms with Crippen LogP contribution in [0.1, 0.15) is 6.42 Å². The zero-order valence-corrected chi connectivity index (χ0v) is 6.59. The molecule has 0 spiro atoms. The maximum Gasteiger partial charge on any atom is 0.208 e. The van der Waals surface area contributed by atoms with E-state index >= 15 is 0 Å². The second-order valence-corrected chi connectivity index (χ2v) is 2.17. The van der Waals surface area contributed by atoms with E-state index in [9.17, 15) is 8.87 Å². The van der Waals surface area contributed by atoms with Crippen LogP contribution in [0.25, 0.3) is 0 Å². The third-order valence-electron chi connectivity index (χ3n) is 1.19. The highest BCUT2D eigenvalue weighted by Crippen LogP contribution is 1.99. The predicted molar refractivity (Wildman–Crippen MR) is 40.9 cm³/mol. The van der Waals surface area contributed by atoms with E-state index in [4.69, 9.17) is 5.26 Å². The molecule has 0 aliphatic carbocycles. The topological polar surface area (TPSA) is 63.5 Å². The first-order chi connectivity index (χ1) is 6.22. The van der Waals surface area contributed by atoms with E-state index in [1.807, 2.05) is 6.07 Å². The van der Waals surface area contributed by atoms with Gasteiger partial charge < -0.3 is 0 Å². The third-order valence-corrected chi connectivity index (χ3v) is 1.19. The molecule has 1 heterocycles. The van der Waals surface area contributed by atoms with Crippen LogP contribution in [0.15, 0.2) is 17.0 Å². The molecule has 0 aromatic rings. The standard InChI is InChI=1S/C6H7F2N5/c7-5-4-6(10-3-1-2-9)12-13(8)11-5/h4,11H,1,3H2,(H,10,12). The normalized spacial score (nSPS) is 20.1. The van der Waals surface area contributed by atoms with Gasteiger partial charge in [-0.1, -0.05) is 4.48 Å². The monoisotopic (exact) mass is 187 g/mol. The highest BCUT2D eigenvalue weighted by molar-refractivity contribution is 5.93. The molecule has 1 aliphatic heterocycles. The van der Waals surface area contributed by atoms with Gasteiger partial charge in [-0.25, -0.2) is 5.43 Å². The zero-order chi connectivity index (χ0) is 9.68. The lowest BCUT2D eigenvalue weighted by Crippen LogP contribution is -2.47. The second-order valence-electron chi connectivity index (χ2n) is 2.17. The number of halogens is 2. The van der Waals surface area contributed by atoms with Crippen molar-refractivity contribution >= 4 is 5.84 Å². The van der Waals surface area contributed by atoms with Crippen LogP contribution >= 0.6 is 0 Å². The lowest BCUT2D eigenvalue weighted by Gasteiger charge is -2.18. The van der Waals surface area contributed by atoms with Crippen molar-refractivity contribution in [2.45, 2.75) is 6.42 Å². The Morgan fingerprint density at radius 2 is 2.38 bits per heavy atom. The largest absolute Gasteiger partial charge is 0.266 e. The lowest BCUT2D eigenvalue weighted by atomic mass is 10.4. The van der Waals surface area contributed by atoms with Gasteiger partial charge in [0.05, 0.1) is 19.0 Å². The number of nitriles is 1. The predicted octanol–water partition coefficient (Wildman–Crippen LogP) is 0.319. The molecule has 0 fully saturated rings. The summed E-state index contributed by atoms with van der Waals surface area (Å²) in [5.41, 5.74) is 3.79. The number of nitrogens with zero attached hydrogens (tertiary/aromatic N) is 3. The van der Waals surface area contributed by atoms with Crippen molar-refractivity contribution in [3.05, 3.63) is 12.0 Å². The molecule has 70 valence electrons. The van der Waals surface area contributed by atoms with Crippen molar-refractivity contribution in [2.75, 3.05) is 6.54 Å². The molecule has 5 nitrogen and oxygen atoms in total. The Balaban J connectivity index is 2.55. The van der Waals surface area contributed by atoms with E-state index < -0.39 is 5.95 Å². The Morgan fingerprint density at radius 1 is 1.62 bits per heavy atom. The Bertz CT molecular complexity index is 279. The van der Waals surface area contributed by atoms with Crippen molar-refractivity contribution in [1.82, 2.24) is 16.2 Å². The molecule has 0 radical (unpaired) electrons. The van der Waals surface area contributed by atoms with E-state index in [2.05, 4.69) is 10.4 Å². The molecule has 2 N–H and O–H groups in total. The molecule has 7 heteroatoms. The van der Waals surface area contributed by atoms with Crippen LogP contribution in [0, 0.1) is 11.3 Å². The molecule has 1 rings (SSSR count). The van der Waals surface area contributed by atoms with Crippen LogP contribution in [-0.2, 0) is 0 Å². The zero-order valence-electron chi connectivity index (χ0n) is 6.59. The van der Waals surface area contributed by atoms with Gasteiger partial charge in [-0.3, -0.25) is 10.4 Å². The van der Waals surface area contributed by atoms with Gasteiger partial charge in [-0.2, -0.15) is 9.65 Å². The smallest absolute Gasteiger partial charge is 0.208 e. The summed E-state index contributed by atoms with van der Waals surface area (Å²) >= 11 is 0. The fourth-order valence-electron chi connectivity index (χ4n) is 0.714. The van der Waals surface area contributed by atoms with E-state index in [1.54, 1.807) is 5.43 Å². The highest BCUT2D eigenvalue weighted by Gasteiger charge is 2.13. The summed E-state index contributed by atoms with van der Waals surface area (Å²) in [6.07, 6.45) is 1.20. The highest BCUT2D eigenvalue weighted by atomic mass is 19.2. The number of hydrazine groups is 2. The van der Waals surface area contributed by atoms with Crippen LogP contribution in [0.5, 0.6) is 0 Å². The SMILES string of the molecule is N#CCCN=C1C=C(F)NN(F)N1. The van der Waals surface area contributed by atoms with Gasteiger partial charge in [-0.05, 0) is 0 Å². The van der Waals surface area contributed by atoms with Gasteiger partial charge in [0.1, 0.15) is 5.84 Å². The molecule has 0 atom stereocenters. The van der Waals surface area contributed by atoms with Gasteiger partial charge in [0.25, 0.3) is 0 Å². The molecule has 0 aromatic heterocycles. The van der Waals surface area contributed by atoms with Gasteiger partial charge in [0.15, 0.2) is 0 Å². The molecule has 13 heavy (non-hydrogen) atoms. The number of hydrogen-bond donors (Lipinski definition) is 2. The molecule has 0 saturated heterocycles. The summed E-state index contributed by atoms with van der Waals surface area (Å²) in [4.78, 5) is 3.72. The van der Waals surface area contributed by atoms with Crippen molar-refractivity contribution in [3.63, 3.8) is 0 Å². The summed E-state index contributed by atoms with van der Waals surface area (Å²) in [5, 5.41) is 8.02. The number of amidine groups is 1. The average Bonchev–Trinajstić information content (AvgIpc) is 2.03. The Morgan fingerprint density at radius 3 is 3.00 bits per heavy atom. The van der Waals surface area contributed by atoms with Crippen molar-refractivity contribution in [2.24, 2.45) is 4.99 Å². The van der Waals surface area contributed by atoms with Crippen LogP contribution in [-0.4, -0.2) is 17.7 Å². The first-order valence-corrected chi connectivity index (χ1v) is 3.50. The van der Waals surface area contributed by atoms with Crippen molar-refractivity contribution < 1.29 is 8.87 Å². The minimum Gasteiger partial charge on any atom is -0.266 e.